The Hall–Kier alpha value is -3.55. The zero-order chi connectivity index (χ0) is 20.4. The van der Waals surface area contributed by atoms with E-state index in [4.69, 9.17) is 4.74 Å². The van der Waals surface area contributed by atoms with Crippen LogP contribution in [-0.2, 0) is 0 Å². The molecular formula is C21H19FN4O3. The van der Waals surface area contributed by atoms with Crippen LogP contribution in [0.2, 0.25) is 0 Å². The molecule has 0 radical (unpaired) electrons. The largest absolute Gasteiger partial charge is 0.481 e. The lowest BCUT2D eigenvalue weighted by Crippen LogP contribution is -2.29. The van der Waals surface area contributed by atoms with E-state index >= 15 is 0 Å². The highest BCUT2D eigenvalue weighted by atomic mass is 19.1. The number of aromatic amines is 1. The minimum atomic E-state index is -0.543. The van der Waals surface area contributed by atoms with Crippen molar-refractivity contribution < 1.29 is 13.9 Å². The van der Waals surface area contributed by atoms with Crippen LogP contribution in [0.4, 0.5) is 4.39 Å². The van der Waals surface area contributed by atoms with Gasteiger partial charge in [0.05, 0.1) is 23.9 Å². The highest BCUT2D eigenvalue weighted by Gasteiger charge is 2.30. The quantitative estimate of drug-likeness (QED) is 0.735. The van der Waals surface area contributed by atoms with Crippen LogP contribution in [0.1, 0.15) is 28.5 Å². The summed E-state index contributed by atoms with van der Waals surface area (Å²) in [7, 11) is 1.50. The minimum Gasteiger partial charge on any atom is -0.481 e. The first-order valence-corrected chi connectivity index (χ1v) is 9.21. The number of nitrogens with one attached hydrogen (secondary N) is 1. The third-order valence-electron chi connectivity index (χ3n) is 4.97. The number of pyridine rings is 1. The number of halogens is 1. The summed E-state index contributed by atoms with van der Waals surface area (Å²) < 4.78 is 19.2. The van der Waals surface area contributed by atoms with Gasteiger partial charge in [0.25, 0.3) is 11.5 Å². The van der Waals surface area contributed by atoms with Gasteiger partial charge in [-0.15, -0.1) is 0 Å². The topological polar surface area (TPSA) is 88.2 Å². The van der Waals surface area contributed by atoms with E-state index in [-0.39, 0.29) is 22.9 Å². The Kier molecular flexibility index (Phi) is 5.07. The first-order valence-electron chi connectivity index (χ1n) is 9.21. The first kappa shape index (κ1) is 18.8. The maximum absolute atomic E-state index is 14.0. The molecule has 4 rings (SSSR count). The first-order chi connectivity index (χ1) is 14.1. The number of ether oxygens (including phenoxy) is 1. The van der Waals surface area contributed by atoms with Crippen molar-refractivity contribution in [3.05, 3.63) is 76.2 Å². The standard InChI is InChI=1S/C21H19FN4O3/c1-29-20-15(6-4-9-23-20)17-11-18(27)25-19(24-17)13-8-10-26(12-13)21(28)14-5-2-3-7-16(14)22/h2-7,9,11,13H,8,10,12H2,1H3,(H,24,25,27)/t13-/m1/s1. The van der Waals surface area contributed by atoms with Crippen molar-refractivity contribution in [1.82, 2.24) is 19.9 Å². The molecule has 1 N–H and O–H groups in total. The van der Waals surface area contributed by atoms with E-state index in [9.17, 15) is 14.0 Å². The van der Waals surface area contributed by atoms with Gasteiger partial charge in [-0.05, 0) is 30.7 Å². The van der Waals surface area contributed by atoms with Crippen molar-refractivity contribution in [2.24, 2.45) is 0 Å². The van der Waals surface area contributed by atoms with Gasteiger partial charge in [0.2, 0.25) is 5.88 Å². The highest BCUT2D eigenvalue weighted by Crippen LogP contribution is 2.29. The van der Waals surface area contributed by atoms with Crippen LogP contribution in [0.15, 0.2) is 53.5 Å². The van der Waals surface area contributed by atoms with Crippen LogP contribution in [0.5, 0.6) is 5.88 Å². The molecule has 29 heavy (non-hydrogen) atoms. The van der Waals surface area contributed by atoms with Crippen LogP contribution < -0.4 is 10.3 Å². The lowest BCUT2D eigenvalue weighted by molar-refractivity contribution is 0.0786. The third-order valence-corrected chi connectivity index (χ3v) is 4.97. The number of amides is 1. The van der Waals surface area contributed by atoms with Gasteiger partial charge in [0, 0.05) is 31.3 Å². The van der Waals surface area contributed by atoms with E-state index in [0.29, 0.717) is 42.5 Å². The molecule has 0 saturated carbocycles. The highest BCUT2D eigenvalue weighted by molar-refractivity contribution is 5.94. The minimum absolute atomic E-state index is 0.0449. The number of methoxy groups -OCH3 is 1. The van der Waals surface area contributed by atoms with E-state index < -0.39 is 5.82 Å². The number of benzene rings is 1. The molecular weight excluding hydrogens is 375 g/mol. The van der Waals surface area contributed by atoms with Crippen molar-refractivity contribution in [3.8, 4) is 17.1 Å². The molecule has 1 aliphatic rings. The number of nitrogens with zero attached hydrogens (tertiary/aromatic N) is 3. The maximum Gasteiger partial charge on any atom is 0.256 e. The molecule has 1 atom stereocenters. The van der Waals surface area contributed by atoms with Crippen LogP contribution in [-0.4, -0.2) is 46.0 Å². The predicted octanol–water partition coefficient (Wildman–Crippen LogP) is 2.61. The van der Waals surface area contributed by atoms with Gasteiger partial charge < -0.3 is 14.6 Å². The van der Waals surface area contributed by atoms with Gasteiger partial charge in [-0.25, -0.2) is 14.4 Å². The molecule has 3 heterocycles. The van der Waals surface area contributed by atoms with Gasteiger partial charge in [0.1, 0.15) is 11.6 Å². The molecule has 1 aromatic carbocycles. The van der Waals surface area contributed by atoms with Crippen molar-refractivity contribution in [2.75, 3.05) is 20.2 Å². The fourth-order valence-corrected chi connectivity index (χ4v) is 3.53. The number of H-pyrrole nitrogens is 1. The molecule has 148 valence electrons. The van der Waals surface area contributed by atoms with E-state index in [1.165, 1.54) is 25.3 Å². The van der Waals surface area contributed by atoms with Gasteiger partial charge in [-0.3, -0.25) is 9.59 Å². The van der Waals surface area contributed by atoms with E-state index in [2.05, 4.69) is 15.0 Å². The van der Waals surface area contributed by atoms with Crippen molar-refractivity contribution in [1.29, 1.82) is 0 Å². The Balaban J connectivity index is 1.60. The number of likely N-dealkylation sites (tertiary alicyclic amines) is 1. The van der Waals surface area contributed by atoms with Crippen LogP contribution in [0, 0.1) is 5.82 Å². The number of carbonyl (C=O) groups excluding carboxylic acids is 1. The second kappa shape index (κ2) is 7.83. The molecule has 0 spiro atoms. The number of carbonyl (C=O) groups is 1. The maximum atomic E-state index is 14.0. The van der Waals surface area contributed by atoms with Crippen molar-refractivity contribution in [3.63, 3.8) is 0 Å². The Bertz CT molecular complexity index is 1110. The van der Waals surface area contributed by atoms with Crippen molar-refractivity contribution >= 4 is 5.91 Å². The SMILES string of the molecule is COc1ncccc1-c1cc(=O)[nH]c([C@@H]2CCN(C(=O)c3ccccc3F)C2)n1. The Morgan fingerprint density at radius 3 is 2.90 bits per heavy atom. The Morgan fingerprint density at radius 2 is 2.10 bits per heavy atom. The van der Waals surface area contributed by atoms with Gasteiger partial charge in [-0.2, -0.15) is 0 Å². The van der Waals surface area contributed by atoms with Crippen LogP contribution in [0.25, 0.3) is 11.3 Å². The number of hydrogen-bond donors (Lipinski definition) is 1. The summed E-state index contributed by atoms with van der Waals surface area (Å²) in [5, 5.41) is 0. The van der Waals surface area contributed by atoms with Gasteiger partial charge in [-0.1, -0.05) is 12.1 Å². The zero-order valence-corrected chi connectivity index (χ0v) is 15.8. The van der Waals surface area contributed by atoms with E-state index in [0.717, 1.165) is 0 Å². The summed E-state index contributed by atoms with van der Waals surface area (Å²) in [6, 6.07) is 10.8. The molecule has 0 unspecified atom stereocenters. The number of rotatable bonds is 4. The van der Waals surface area contributed by atoms with Crippen LogP contribution in [0.3, 0.4) is 0 Å². The molecule has 8 heteroatoms. The lowest BCUT2D eigenvalue weighted by atomic mass is 10.1. The monoisotopic (exact) mass is 394 g/mol. The van der Waals surface area contributed by atoms with E-state index in [1.807, 2.05) is 0 Å². The van der Waals surface area contributed by atoms with Gasteiger partial charge >= 0.3 is 0 Å². The number of aromatic nitrogens is 3. The fourth-order valence-electron chi connectivity index (χ4n) is 3.53. The molecule has 1 fully saturated rings. The molecule has 0 bridgehead atoms. The molecule has 1 aliphatic heterocycles. The average Bonchev–Trinajstić information content (AvgIpc) is 3.23. The van der Waals surface area contributed by atoms with Gasteiger partial charge in [0.15, 0.2) is 0 Å². The normalized spacial score (nSPS) is 16.1. The second-order valence-corrected chi connectivity index (χ2v) is 6.79. The molecule has 1 saturated heterocycles. The van der Waals surface area contributed by atoms with E-state index in [1.54, 1.807) is 35.4 Å². The summed E-state index contributed by atoms with van der Waals surface area (Å²) in [5.41, 5.74) is 0.811. The molecule has 2 aromatic heterocycles. The summed E-state index contributed by atoms with van der Waals surface area (Å²) in [5.74, 6) is -0.196. The molecule has 1 amide bonds. The lowest BCUT2D eigenvalue weighted by Gasteiger charge is -2.17. The summed E-state index contributed by atoms with van der Waals surface area (Å²) in [4.78, 5) is 38.0. The smallest absolute Gasteiger partial charge is 0.256 e. The predicted molar refractivity (Wildman–Crippen MR) is 104 cm³/mol. The average molecular weight is 394 g/mol. The Morgan fingerprint density at radius 1 is 1.28 bits per heavy atom. The second-order valence-electron chi connectivity index (χ2n) is 6.79. The third kappa shape index (κ3) is 3.73. The van der Waals surface area contributed by atoms with Crippen LogP contribution >= 0.6 is 0 Å². The Labute approximate surface area is 166 Å². The summed E-state index contributed by atoms with van der Waals surface area (Å²) in [6.07, 6.45) is 2.22. The summed E-state index contributed by atoms with van der Waals surface area (Å²) in [6.45, 7) is 0.811. The molecule has 0 aliphatic carbocycles. The number of hydrogen-bond acceptors (Lipinski definition) is 5. The van der Waals surface area contributed by atoms with Crippen molar-refractivity contribution in [2.45, 2.75) is 12.3 Å². The zero-order valence-electron chi connectivity index (χ0n) is 15.8. The summed E-state index contributed by atoms with van der Waals surface area (Å²) >= 11 is 0. The fraction of sp³-hybridized carbons (Fsp3) is 0.238. The molecule has 7 nitrogen and oxygen atoms in total. The molecule has 3 aromatic rings.